The molecule has 0 unspecified atom stereocenters. The van der Waals surface area contributed by atoms with Crippen LogP contribution in [-0.4, -0.2) is 23.3 Å². The number of hydrogen-bond donors (Lipinski definition) is 1. The van der Waals surface area contributed by atoms with Gasteiger partial charge in [-0.2, -0.15) is 0 Å². The van der Waals surface area contributed by atoms with Gasteiger partial charge in [0.2, 0.25) is 0 Å². The quantitative estimate of drug-likeness (QED) is 0.761. The van der Waals surface area contributed by atoms with Gasteiger partial charge in [-0.15, -0.1) is 0 Å². The van der Waals surface area contributed by atoms with E-state index in [-0.39, 0.29) is 12.2 Å². The van der Waals surface area contributed by atoms with Crippen LogP contribution in [0, 0.1) is 20.8 Å². The van der Waals surface area contributed by atoms with Crippen LogP contribution in [0.25, 0.3) is 0 Å². The van der Waals surface area contributed by atoms with Crippen molar-refractivity contribution in [2.45, 2.75) is 39.7 Å². The van der Waals surface area contributed by atoms with Crippen LogP contribution in [0.2, 0.25) is 0 Å². The molecular formula is C21H22BrNO3. The zero-order valence-electron chi connectivity index (χ0n) is 15.4. The van der Waals surface area contributed by atoms with Gasteiger partial charge in [-0.1, -0.05) is 22.0 Å². The molecule has 0 bridgehead atoms. The van der Waals surface area contributed by atoms with Crippen LogP contribution in [0.1, 0.15) is 46.0 Å². The van der Waals surface area contributed by atoms with Crippen molar-refractivity contribution >= 4 is 33.3 Å². The maximum atomic E-state index is 13.0. The molecule has 0 fully saturated rings. The predicted molar refractivity (Wildman–Crippen MR) is 106 cm³/mol. The maximum absolute atomic E-state index is 13.0. The van der Waals surface area contributed by atoms with Crippen LogP contribution in [-0.2, 0) is 10.4 Å². The highest BCUT2D eigenvalue weighted by atomic mass is 79.9. The first-order valence-corrected chi connectivity index (χ1v) is 9.43. The second-order valence-corrected chi connectivity index (χ2v) is 7.84. The number of nitrogens with zero attached hydrogens (tertiary/aromatic N) is 1. The number of Topliss-reactive ketones (excluding diaryl/α,β-unsaturated/α-hetero) is 1. The lowest BCUT2D eigenvalue weighted by Gasteiger charge is -2.22. The topological polar surface area (TPSA) is 57.6 Å². The number of likely N-dealkylation sites (N-methyl/N-ethyl adjacent to an activating group) is 1. The van der Waals surface area contributed by atoms with Crippen molar-refractivity contribution in [1.82, 2.24) is 0 Å². The van der Waals surface area contributed by atoms with E-state index in [1.165, 1.54) is 4.90 Å². The number of carbonyl (C=O) groups excluding carboxylic acids is 2. The summed E-state index contributed by atoms with van der Waals surface area (Å²) in [4.78, 5) is 27.4. The number of anilines is 1. The van der Waals surface area contributed by atoms with Gasteiger partial charge in [0.1, 0.15) is 0 Å². The third-order valence-corrected chi connectivity index (χ3v) is 5.66. The summed E-state index contributed by atoms with van der Waals surface area (Å²) in [6.45, 7) is 8.12. The van der Waals surface area contributed by atoms with Crippen LogP contribution in [0.15, 0.2) is 34.8 Å². The number of amides is 1. The van der Waals surface area contributed by atoms with Crippen LogP contribution in [0.3, 0.4) is 0 Å². The second-order valence-electron chi connectivity index (χ2n) is 6.92. The van der Waals surface area contributed by atoms with Gasteiger partial charge in [0.25, 0.3) is 5.91 Å². The van der Waals surface area contributed by atoms with Crippen molar-refractivity contribution < 1.29 is 14.7 Å². The molecule has 1 N–H and O–H groups in total. The largest absolute Gasteiger partial charge is 0.375 e. The predicted octanol–water partition coefficient (Wildman–Crippen LogP) is 4.20. The Morgan fingerprint density at radius 1 is 1.12 bits per heavy atom. The summed E-state index contributed by atoms with van der Waals surface area (Å²) in [5.74, 6) is -0.673. The average molecular weight is 416 g/mol. The van der Waals surface area contributed by atoms with Crippen LogP contribution in [0.5, 0.6) is 0 Å². The minimum atomic E-state index is -1.84. The van der Waals surface area contributed by atoms with Gasteiger partial charge in [0, 0.05) is 22.1 Å². The summed E-state index contributed by atoms with van der Waals surface area (Å²) in [7, 11) is 0. The minimum Gasteiger partial charge on any atom is -0.375 e. The van der Waals surface area contributed by atoms with Gasteiger partial charge in [0.05, 0.1) is 12.1 Å². The number of fused-ring (bicyclic) bond motifs is 1. The van der Waals surface area contributed by atoms with Crippen molar-refractivity contribution in [1.29, 1.82) is 0 Å². The highest BCUT2D eigenvalue weighted by Gasteiger charge is 2.50. The number of halogens is 1. The summed E-state index contributed by atoms with van der Waals surface area (Å²) in [6.07, 6.45) is -0.269. The SMILES string of the molecule is CCN1C(=O)[C@](O)(CC(=O)c2cc(C)c(C)cc2C)c2cc(Br)ccc21. The summed E-state index contributed by atoms with van der Waals surface area (Å²) < 4.78 is 0.759. The number of hydrogen-bond acceptors (Lipinski definition) is 3. The summed E-state index contributed by atoms with van der Waals surface area (Å²) in [5.41, 5.74) is 2.84. The van der Waals surface area contributed by atoms with Gasteiger partial charge in [-0.25, -0.2) is 0 Å². The third-order valence-electron chi connectivity index (χ3n) is 5.17. The molecule has 1 amide bonds. The lowest BCUT2D eigenvalue weighted by molar-refractivity contribution is -0.135. The van der Waals surface area contributed by atoms with Crippen molar-refractivity contribution in [2.24, 2.45) is 0 Å². The Balaban J connectivity index is 2.04. The molecule has 1 heterocycles. The van der Waals surface area contributed by atoms with Crippen molar-refractivity contribution in [3.05, 3.63) is 62.6 Å². The highest BCUT2D eigenvalue weighted by molar-refractivity contribution is 9.10. The molecule has 0 radical (unpaired) electrons. The fourth-order valence-corrected chi connectivity index (χ4v) is 3.96. The summed E-state index contributed by atoms with van der Waals surface area (Å²) in [5, 5.41) is 11.3. The molecule has 1 atom stereocenters. The second kappa shape index (κ2) is 6.63. The van der Waals surface area contributed by atoms with Gasteiger partial charge >= 0.3 is 0 Å². The fraction of sp³-hybridized carbons (Fsp3) is 0.333. The molecule has 0 saturated heterocycles. The Hall–Kier alpha value is -1.98. The molecule has 2 aromatic carbocycles. The number of aryl methyl sites for hydroxylation is 3. The van der Waals surface area contributed by atoms with E-state index < -0.39 is 11.5 Å². The molecule has 2 aromatic rings. The van der Waals surface area contributed by atoms with E-state index in [0.29, 0.717) is 23.4 Å². The van der Waals surface area contributed by atoms with E-state index in [2.05, 4.69) is 15.9 Å². The van der Waals surface area contributed by atoms with E-state index in [1.807, 2.05) is 45.9 Å². The van der Waals surface area contributed by atoms with Crippen LogP contribution >= 0.6 is 15.9 Å². The lowest BCUT2D eigenvalue weighted by Crippen LogP contribution is -2.41. The smallest absolute Gasteiger partial charge is 0.264 e. The number of carbonyl (C=O) groups is 2. The Bertz CT molecular complexity index is 922. The lowest BCUT2D eigenvalue weighted by atomic mass is 9.86. The Morgan fingerprint density at radius 2 is 1.77 bits per heavy atom. The average Bonchev–Trinajstić information content (AvgIpc) is 2.78. The Kier molecular flexibility index (Phi) is 4.80. The summed E-state index contributed by atoms with van der Waals surface area (Å²) >= 11 is 3.39. The van der Waals surface area contributed by atoms with Crippen LogP contribution in [0.4, 0.5) is 5.69 Å². The molecule has 0 spiro atoms. The maximum Gasteiger partial charge on any atom is 0.264 e. The number of aliphatic hydroxyl groups is 1. The molecule has 0 aromatic heterocycles. The normalized spacial score (nSPS) is 19.0. The summed E-state index contributed by atoms with van der Waals surface area (Å²) in [6, 6.07) is 9.16. The number of rotatable bonds is 4. The van der Waals surface area contributed by atoms with E-state index >= 15 is 0 Å². The molecule has 4 nitrogen and oxygen atoms in total. The van der Waals surface area contributed by atoms with E-state index in [9.17, 15) is 14.7 Å². The van der Waals surface area contributed by atoms with Crippen LogP contribution < -0.4 is 4.90 Å². The molecule has 136 valence electrons. The first kappa shape index (κ1) is 18.8. The Labute approximate surface area is 162 Å². The van der Waals surface area contributed by atoms with E-state index in [1.54, 1.807) is 12.1 Å². The number of benzene rings is 2. The molecule has 3 rings (SSSR count). The Morgan fingerprint density at radius 3 is 2.42 bits per heavy atom. The van der Waals surface area contributed by atoms with E-state index in [0.717, 1.165) is 21.2 Å². The highest BCUT2D eigenvalue weighted by Crippen LogP contribution is 2.44. The standard InChI is InChI=1S/C21H22BrNO3/c1-5-23-18-7-6-15(22)10-17(18)21(26,20(23)25)11-19(24)16-9-13(3)12(2)8-14(16)4/h6-10,26H,5,11H2,1-4H3/t21-/m0/s1. The third kappa shape index (κ3) is 2.89. The van der Waals surface area contributed by atoms with Gasteiger partial charge in [0.15, 0.2) is 11.4 Å². The minimum absolute atomic E-state index is 0.231. The van der Waals surface area contributed by atoms with Gasteiger partial charge in [-0.05, 0) is 68.7 Å². The molecule has 5 heteroatoms. The number of ketones is 1. The van der Waals surface area contributed by atoms with E-state index in [4.69, 9.17) is 0 Å². The zero-order valence-corrected chi connectivity index (χ0v) is 17.0. The van der Waals surface area contributed by atoms with Crippen molar-refractivity contribution in [3.63, 3.8) is 0 Å². The van der Waals surface area contributed by atoms with Gasteiger partial charge in [-0.3, -0.25) is 9.59 Å². The first-order chi connectivity index (χ1) is 12.2. The molecule has 1 aliphatic rings. The van der Waals surface area contributed by atoms with Crippen molar-refractivity contribution in [3.8, 4) is 0 Å². The molecule has 1 aliphatic heterocycles. The molecule has 26 heavy (non-hydrogen) atoms. The fourth-order valence-electron chi connectivity index (χ4n) is 3.60. The molecular weight excluding hydrogens is 394 g/mol. The monoisotopic (exact) mass is 415 g/mol. The zero-order chi connectivity index (χ0) is 19.2. The molecule has 0 aliphatic carbocycles. The van der Waals surface area contributed by atoms with Gasteiger partial charge < -0.3 is 10.0 Å². The molecule has 0 saturated carbocycles. The first-order valence-electron chi connectivity index (χ1n) is 8.64. The van der Waals surface area contributed by atoms with Crippen molar-refractivity contribution in [2.75, 3.05) is 11.4 Å².